The van der Waals surface area contributed by atoms with Crippen LogP contribution in [0.25, 0.3) is 10.1 Å². The highest BCUT2D eigenvalue weighted by Gasteiger charge is 2.30. The predicted molar refractivity (Wildman–Crippen MR) is 134 cm³/mol. The van der Waals surface area contributed by atoms with Crippen LogP contribution >= 0.6 is 11.3 Å². The number of benzene rings is 3. The van der Waals surface area contributed by atoms with Crippen molar-refractivity contribution in [3.8, 4) is 11.5 Å². The van der Waals surface area contributed by atoms with Crippen molar-refractivity contribution in [3.63, 3.8) is 0 Å². The Balaban J connectivity index is 1.58. The Kier molecular flexibility index (Phi) is 5.92. The number of hydrogen-bond acceptors (Lipinski definition) is 5. The summed E-state index contributed by atoms with van der Waals surface area (Å²) in [4.78, 5) is 16.4. The van der Waals surface area contributed by atoms with Crippen LogP contribution in [0.4, 0.5) is 5.69 Å². The summed E-state index contributed by atoms with van der Waals surface area (Å²) in [6, 6.07) is 24.4. The van der Waals surface area contributed by atoms with Gasteiger partial charge in [-0.3, -0.25) is 4.79 Å². The Morgan fingerprint density at radius 1 is 0.939 bits per heavy atom. The monoisotopic (exact) mass is 458 g/mol. The molecule has 1 aliphatic rings. The van der Waals surface area contributed by atoms with Gasteiger partial charge in [0, 0.05) is 23.2 Å². The summed E-state index contributed by atoms with van der Waals surface area (Å²) in [7, 11) is 3.35. The summed E-state index contributed by atoms with van der Waals surface area (Å²) >= 11 is 1.54. The minimum absolute atomic E-state index is 0.00855. The number of carbonyl (C=O) groups excluding carboxylic acids is 1. The molecule has 1 amide bonds. The molecule has 0 unspecified atom stereocenters. The molecule has 2 heterocycles. The molecule has 1 N–H and O–H groups in total. The predicted octanol–water partition coefficient (Wildman–Crippen LogP) is 5.28. The molecule has 5 nitrogen and oxygen atoms in total. The number of ether oxygens (including phenoxy) is 2. The lowest BCUT2D eigenvalue weighted by molar-refractivity contribution is 0.0946. The van der Waals surface area contributed by atoms with E-state index < -0.39 is 0 Å². The Labute approximate surface area is 197 Å². The maximum absolute atomic E-state index is 13.4. The van der Waals surface area contributed by atoms with E-state index in [2.05, 4.69) is 34.5 Å². The molecule has 6 heteroatoms. The summed E-state index contributed by atoms with van der Waals surface area (Å²) in [6.45, 7) is 1.38. The van der Waals surface area contributed by atoms with Crippen LogP contribution in [0.5, 0.6) is 11.5 Å². The first-order valence-corrected chi connectivity index (χ1v) is 11.8. The van der Waals surface area contributed by atoms with Crippen LogP contribution in [-0.4, -0.2) is 32.7 Å². The van der Waals surface area contributed by atoms with Crippen molar-refractivity contribution in [2.45, 2.75) is 19.0 Å². The lowest BCUT2D eigenvalue weighted by atomic mass is 10.0. The zero-order valence-electron chi connectivity index (χ0n) is 18.7. The van der Waals surface area contributed by atoms with Gasteiger partial charge in [-0.25, -0.2) is 0 Å². The molecule has 0 fully saturated rings. The molecule has 1 aliphatic heterocycles. The van der Waals surface area contributed by atoms with Gasteiger partial charge in [0.05, 0.1) is 25.9 Å². The minimum Gasteiger partial charge on any atom is -0.497 e. The molecule has 4 aromatic rings. The molecule has 5 rings (SSSR count). The highest BCUT2D eigenvalue weighted by Crippen LogP contribution is 2.42. The summed E-state index contributed by atoms with van der Waals surface area (Å²) in [5.74, 6) is 1.60. The van der Waals surface area contributed by atoms with E-state index in [1.165, 1.54) is 16.9 Å². The van der Waals surface area contributed by atoms with Gasteiger partial charge in [-0.2, -0.15) is 0 Å². The lowest BCUT2D eigenvalue weighted by Crippen LogP contribution is -2.42. The van der Waals surface area contributed by atoms with Crippen LogP contribution in [0.15, 0.2) is 72.8 Å². The Bertz CT molecular complexity index is 1290. The second-order valence-corrected chi connectivity index (χ2v) is 9.29. The van der Waals surface area contributed by atoms with Crippen molar-refractivity contribution >= 4 is 33.0 Å². The molecule has 0 radical (unpaired) electrons. The average Bonchev–Trinajstić information content (AvgIpc) is 3.17. The van der Waals surface area contributed by atoms with Gasteiger partial charge in [0.25, 0.3) is 5.91 Å². The van der Waals surface area contributed by atoms with E-state index >= 15 is 0 Å². The topological polar surface area (TPSA) is 50.8 Å². The maximum atomic E-state index is 13.4. The van der Waals surface area contributed by atoms with Gasteiger partial charge in [-0.05, 0) is 47.9 Å². The third kappa shape index (κ3) is 4.39. The van der Waals surface area contributed by atoms with Gasteiger partial charge in [0.2, 0.25) is 0 Å². The van der Waals surface area contributed by atoms with Gasteiger partial charge in [0.15, 0.2) is 0 Å². The first-order chi connectivity index (χ1) is 16.1. The number of hydrogen-bond donors (Lipinski definition) is 1. The lowest BCUT2D eigenvalue weighted by Gasteiger charge is -2.27. The molecule has 33 heavy (non-hydrogen) atoms. The van der Waals surface area contributed by atoms with E-state index in [0.717, 1.165) is 44.1 Å². The van der Waals surface area contributed by atoms with E-state index in [-0.39, 0.29) is 11.9 Å². The van der Waals surface area contributed by atoms with Crippen LogP contribution in [-0.2, 0) is 13.0 Å². The van der Waals surface area contributed by atoms with Crippen LogP contribution in [0.1, 0.15) is 20.8 Å². The molecule has 0 saturated carbocycles. The van der Waals surface area contributed by atoms with E-state index in [1.807, 2.05) is 48.5 Å². The molecule has 168 valence electrons. The van der Waals surface area contributed by atoms with E-state index in [1.54, 1.807) is 14.2 Å². The highest BCUT2D eigenvalue weighted by molar-refractivity contribution is 7.21. The zero-order chi connectivity index (χ0) is 22.8. The van der Waals surface area contributed by atoms with Crippen LogP contribution in [0, 0.1) is 0 Å². The third-order valence-electron chi connectivity index (χ3n) is 6.00. The summed E-state index contributed by atoms with van der Waals surface area (Å²) in [6.07, 6.45) is 0.775. The van der Waals surface area contributed by atoms with Crippen LogP contribution < -0.4 is 19.7 Å². The van der Waals surface area contributed by atoms with Crippen LogP contribution in [0.3, 0.4) is 0 Å². The maximum Gasteiger partial charge on any atom is 0.263 e. The fourth-order valence-electron chi connectivity index (χ4n) is 4.46. The van der Waals surface area contributed by atoms with E-state index in [4.69, 9.17) is 9.47 Å². The van der Waals surface area contributed by atoms with Gasteiger partial charge < -0.3 is 19.7 Å². The molecule has 1 aromatic heterocycles. The Morgan fingerprint density at radius 3 is 2.48 bits per heavy atom. The van der Waals surface area contributed by atoms with Crippen molar-refractivity contribution < 1.29 is 14.3 Å². The fraction of sp³-hybridized carbons (Fsp3) is 0.222. The normalized spacial score (nSPS) is 15.6. The van der Waals surface area contributed by atoms with Crippen molar-refractivity contribution in [1.82, 2.24) is 5.32 Å². The Hall–Kier alpha value is -3.51. The van der Waals surface area contributed by atoms with Crippen molar-refractivity contribution in [2.75, 3.05) is 25.7 Å². The number of nitrogens with one attached hydrogen (secondary N) is 1. The molecule has 3 aromatic carbocycles. The largest absolute Gasteiger partial charge is 0.497 e. The van der Waals surface area contributed by atoms with E-state index in [0.29, 0.717) is 13.1 Å². The first-order valence-electron chi connectivity index (χ1n) is 11.0. The summed E-state index contributed by atoms with van der Waals surface area (Å²) in [5, 5.41) is 4.33. The van der Waals surface area contributed by atoms with Gasteiger partial charge in [0.1, 0.15) is 16.4 Å². The molecular weight excluding hydrogens is 432 g/mol. The highest BCUT2D eigenvalue weighted by atomic mass is 32.1. The number of anilines is 1. The number of carbonyl (C=O) groups is 1. The molecule has 0 aliphatic carbocycles. The molecule has 1 atom stereocenters. The number of nitrogens with zero attached hydrogens (tertiary/aromatic N) is 1. The van der Waals surface area contributed by atoms with Gasteiger partial charge in [-0.1, -0.05) is 42.5 Å². The van der Waals surface area contributed by atoms with Crippen molar-refractivity contribution in [1.29, 1.82) is 0 Å². The SMILES string of the molecule is COc1cccc(CN2C[C@H](Cc3ccccc3)NC(=O)c3sc4ccc(OC)cc4c32)c1. The summed E-state index contributed by atoms with van der Waals surface area (Å²) < 4.78 is 12.0. The zero-order valence-corrected chi connectivity index (χ0v) is 19.5. The number of fused-ring (bicyclic) bond motifs is 3. The number of thiophene rings is 1. The van der Waals surface area contributed by atoms with Gasteiger partial charge >= 0.3 is 0 Å². The number of rotatable bonds is 6. The van der Waals surface area contributed by atoms with E-state index in [9.17, 15) is 4.79 Å². The average molecular weight is 459 g/mol. The second-order valence-electron chi connectivity index (χ2n) is 8.23. The van der Waals surface area contributed by atoms with Crippen LogP contribution in [0.2, 0.25) is 0 Å². The molecule has 0 bridgehead atoms. The van der Waals surface area contributed by atoms with Crippen molar-refractivity contribution in [3.05, 3.63) is 88.8 Å². The number of amides is 1. The first kappa shape index (κ1) is 21.3. The number of methoxy groups -OCH3 is 2. The van der Waals surface area contributed by atoms with Gasteiger partial charge in [-0.15, -0.1) is 11.3 Å². The summed E-state index contributed by atoms with van der Waals surface area (Å²) in [5.41, 5.74) is 3.32. The molecule has 0 saturated heterocycles. The molecule has 0 spiro atoms. The molecular formula is C27H26N2O3S. The van der Waals surface area contributed by atoms with Crippen molar-refractivity contribution in [2.24, 2.45) is 0 Å². The Morgan fingerprint density at radius 2 is 1.70 bits per heavy atom. The smallest absolute Gasteiger partial charge is 0.263 e. The quantitative estimate of drug-likeness (QED) is 0.427. The standard InChI is InChI=1S/C27H26N2O3S/c1-31-21-10-6-9-19(14-21)16-29-17-20(13-18-7-4-3-5-8-18)28-27(30)26-25(29)23-15-22(32-2)11-12-24(23)33-26/h3-12,14-15,20H,13,16-17H2,1-2H3,(H,28,30)/t20-/m0/s1. The third-order valence-corrected chi connectivity index (χ3v) is 7.16. The fourth-order valence-corrected chi connectivity index (χ4v) is 5.57. The minimum atomic E-state index is -0.0146. The second kappa shape index (κ2) is 9.16.